The largest absolute Gasteiger partial charge is 0.416 e. The Morgan fingerprint density at radius 1 is 1.28 bits per heavy atom. The summed E-state index contributed by atoms with van der Waals surface area (Å²) < 4.78 is 43.1. The Morgan fingerprint density at radius 2 is 1.89 bits per heavy atom. The molecule has 2 nitrogen and oxygen atoms in total. The number of benzene rings is 1. The predicted octanol–water partition coefficient (Wildman–Crippen LogP) is 4.27. The number of aliphatic imine (C=N–C) groups is 1. The van der Waals surface area contributed by atoms with Gasteiger partial charge >= 0.3 is 6.18 Å². The molecule has 0 saturated carbocycles. The highest BCUT2D eigenvalue weighted by atomic mass is 19.4. The molecule has 0 unspecified atom stereocenters. The van der Waals surface area contributed by atoms with Crippen LogP contribution < -0.4 is 0 Å². The van der Waals surface area contributed by atoms with Crippen LogP contribution in [0.25, 0.3) is 0 Å². The van der Waals surface area contributed by atoms with Crippen molar-refractivity contribution in [3.05, 3.63) is 28.8 Å². The predicted molar refractivity (Wildman–Crippen MR) is 65.3 cm³/mol. The smallest absolute Gasteiger partial charge is 0.380 e. The second kappa shape index (κ2) is 5.52. The molecule has 1 aromatic carbocycles. The maximum atomic E-state index is 12.7. The first-order chi connectivity index (χ1) is 8.25. The van der Waals surface area contributed by atoms with E-state index in [1.54, 1.807) is 20.8 Å². The lowest BCUT2D eigenvalue weighted by Crippen LogP contribution is -2.07. The van der Waals surface area contributed by atoms with Crippen molar-refractivity contribution in [3.63, 3.8) is 0 Å². The Balaban J connectivity index is 3.40. The van der Waals surface area contributed by atoms with E-state index < -0.39 is 11.7 Å². The van der Waals surface area contributed by atoms with Crippen LogP contribution in [-0.2, 0) is 17.5 Å². The molecule has 0 aliphatic heterocycles. The highest BCUT2D eigenvalue weighted by Crippen LogP contribution is 2.35. The third-order valence-electron chi connectivity index (χ3n) is 2.34. The molecule has 0 amide bonds. The second-order valence-electron chi connectivity index (χ2n) is 4.29. The van der Waals surface area contributed by atoms with Gasteiger partial charge in [-0.25, -0.2) is 0 Å². The first-order valence-corrected chi connectivity index (χ1v) is 5.47. The summed E-state index contributed by atoms with van der Waals surface area (Å²) in [5.41, 5.74) is 1.63. The number of halogens is 3. The summed E-state index contributed by atoms with van der Waals surface area (Å²) >= 11 is 0. The molecule has 18 heavy (non-hydrogen) atoms. The molecule has 0 aliphatic carbocycles. The standard InChI is InChI=1S/C13H16F3NO/c1-8(2)17-12-9(3)5-11(13(14,15)16)6-10(12)7-18-4/h5-6H,7H2,1-4H3. The van der Waals surface area contributed by atoms with E-state index in [-0.39, 0.29) is 6.61 Å². The first kappa shape index (κ1) is 14.7. The summed E-state index contributed by atoms with van der Waals surface area (Å²) in [5.74, 6) is 0. The van der Waals surface area contributed by atoms with Crippen LogP contribution in [-0.4, -0.2) is 12.8 Å². The lowest BCUT2D eigenvalue weighted by atomic mass is 10.0. The number of ether oxygens (including phenoxy) is 1. The lowest BCUT2D eigenvalue weighted by molar-refractivity contribution is -0.137. The van der Waals surface area contributed by atoms with Crippen molar-refractivity contribution in [1.29, 1.82) is 0 Å². The molecular formula is C13H16F3NO. The minimum atomic E-state index is -4.35. The fourth-order valence-corrected chi connectivity index (χ4v) is 1.67. The van der Waals surface area contributed by atoms with E-state index in [1.807, 2.05) is 0 Å². The van der Waals surface area contributed by atoms with E-state index in [0.29, 0.717) is 16.8 Å². The number of aryl methyl sites for hydroxylation is 1. The maximum Gasteiger partial charge on any atom is 0.416 e. The van der Waals surface area contributed by atoms with Crippen molar-refractivity contribution in [1.82, 2.24) is 0 Å². The number of rotatable bonds is 3. The van der Waals surface area contributed by atoms with Gasteiger partial charge < -0.3 is 4.74 Å². The third kappa shape index (κ3) is 3.57. The fourth-order valence-electron chi connectivity index (χ4n) is 1.67. The fraction of sp³-hybridized carbons (Fsp3) is 0.462. The molecule has 0 heterocycles. The van der Waals surface area contributed by atoms with Gasteiger partial charge in [-0.1, -0.05) is 0 Å². The average molecular weight is 259 g/mol. The Hall–Kier alpha value is -1.36. The zero-order chi connectivity index (χ0) is 13.9. The Kier molecular flexibility index (Phi) is 4.51. The summed E-state index contributed by atoms with van der Waals surface area (Å²) in [6.07, 6.45) is -4.35. The first-order valence-electron chi connectivity index (χ1n) is 5.47. The number of alkyl halides is 3. The maximum absolute atomic E-state index is 12.7. The number of hydrogen-bond donors (Lipinski definition) is 0. The van der Waals surface area contributed by atoms with Gasteiger partial charge in [-0.3, -0.25) is 4.99 Å². The molecule has 100 valence electrons. The van der Waals surface area contributed by atoms with Gasteiger partial charge in [0, 0.05) is 18.4 Å². The van der Waals surface area contributed by atoms with Crippen LogP contribution in [0.4, 0.5) is 18.9 Å². The summed E-state index contributed by atoms with van der Waals surface area (Å²) in [4.78, 5) is 4.27. The van der Waals surface area contributed by atoms with Gasteiger partial charge in [0.1, 0.15) is 0 Å². The van der Waals surface area contributed by atoms with Gasteiger partial charge in [0.15, 0.2) is 0 Å². The summed E-state index contributed by atoms with van der Waals surface area (Å²) in [7, 11) is 1.45. The van der Waals surface area contributed by atoms with Gasteiger partial charge in [-0.05, 0) is 38.5 Å². The molecule has 0 atom stereocenters. The normalized spacial score (nSPS) is 11.5. The number of nitrogens with zero attached hydrogens (tertiary/aromatic N) is 1. The average Bonchev–Trinajstić information content (AvgIpc) is 2.21. The SMILES string of the molecule is COCc1cc(C(F)(F)F)cc(C)c1N=C(C)C. The zero-order valence-electron chi connectivity index (χ0n) is 10.9. The van der Waals surface area contributed by atoms with E-state index in [9.17, 15) is 13.2 Å². The van der Waals surface area contributed by atoms with Gasteiger partial charge in [0.2, 0.25) is 0 Å². The van der Waals surface area contributed by atoms with E-state index in [4.69, 9.17) is 4.74 Å². The Labute approximate surface area is 104 Å². The molecule has 0 saturated heterocycles. The highest BCUT2D eigenvalue weighted by Gasteiger charge is 2.31. The molecule has 1 aromatic rings. The van der Waals surface area contributed by atoms with E-state index in [2.05, 4.69) is 4.99 Å². The van der Waals surface area contributed by atoms with E-state index in [1.165, 1.54) is 7.11 Å². The lowest BCUT2D eigenvalue weighted by Gasteiger charge is -2.14. The van der Waals surface area contributed by atoms with Crippen LogP contribution >= 0.6 is 0 Å². The highest BCUT2D eigenvalue weighted by molar-refractivity contribution is 5.83. The molecule has 0 spiro atoms. The molecular weight excluding hydrogens is 243 g/mol. The van der Waals surface area contributed by atoms with Crippen molar-refractivity contribution in [3.8, 4) is 0 Å². The van der Waals surface area contributed by atoms with Crippen LogP contribution in [0, 0.1) is 6.92 Å². The number of hydrogen-bond acceptors (Lipinski definition) is 2. The molecule has 0 N–H and O–H groups in total. The molecule has 0 fully saturated rings. The molecule has 0 aromatic heterocycles. The van der Waals surface area contributed by atoms with Crippen LogP contribution in [0.2, 0.25) is 0 Å². The monoisotopic (exact) mass is 259 g/mol. The summed E-state index contributed by atoms with van der Waals surface area (Å²) in [5, 5.41) is 0. The Morgan fingerprint density at radius 3 is 2.33 bits per heavy atom. The van der Waals surface area contributed by atoms with Gasteiger partial charge in [0.25, 0.3) is 0 Å². The molecule has 1 rings (SSSR count). The molecule has 0 radical (unpaired) electrons. The minimum Gasteiger partial charge on any atom is -0.380 e. The quantitative estimate of drug-likeness (QED) is 0.743. The van der Waals surface area contributed by atoms with Crippen molar-refractivity contribution in [2.45, 2.75) is 33.6 Å². The third-order valence-corrected chi connectivity index (χ3v) is 2.34. The van der Waals surface area contributed by atoms with Gasteiger partial charge in [0.05, 0.1) is 17.9 Å². The van der Waals surface area contributed by atoms with Crippen LogP contribution in [0.5, 0.6) is 0 Å². The van der Waals surface area contributed by atoms with Crippen molar-refractivity contribution >= 4 is 11.4 Å². The van der Waals surface area contributed by atoms with Crippen molar-refractivity contribution in [2.24, 2.45) is 4.99 Å². The summed E-state index contributed by atoms with van der Waals surface area (Å²) in [6.45, 7) is 5.33. The van der Waals surface area contributed by atoms with Crippen molar-refractivity contribution < 1.29 is 17.9 Å². The zero-order valence-corrected chi connectivity index (χ0v) is 10.9. The molecule has 5 heteroatoms. The van der Waals surface area contributed by atoms with Crippen LogP contribution in [0.1, 0.15) is 30.5 Å². The van der Waals surface area contributed by atoms with E-state index in [0.717, 1.165) is 17.8 Å². The summed E-state index contributed by atoms with van der Waals surface area (Å²) in [6, 6.07) is 2.21. The second-order valence-corrected chi connectivity index (χ2v) is 4.29. The van der Waals surface area contributed by atoms with Gasteiger partial charge in [-0.2, -0.15) is 13.2 Å². The van der Waals surface area contributed by atoms with Crippen LogP contribution in [0.3, 0.4) is 0 Å². The number of methoxy groups -OCH3 is 1. The van der Waals surface area contributed by atoms with E-state index >= 15 is 0 Å². The van der Waals surface area contributed by atoms with Gasteiger partial charge in [-0.15, -0.1) is 0 Å². The van der Waals surface area contributed by atoms with Crippen LogP contribution in [0.15, 0.2) is 17.1 Å². The topological polar surface area (TPSA) is 21.6 Å². The Bertz CT molecular complexity index is 460. The minimum absolute atomic E-state index is 0.108. The molecule has 0 bridgehead atoms. The molecule has 0 aliphatic rings. The van der Waals surface area contributed by atoms with Crippen molar-refractivity contribution in [2.75, 3.05) is 7.11 Å².